The fraction of sp³-hybridized carbons (Fsp3) is 0.412. The predicted molar refractivity (Wildman–Crippen MR) is 96.1 cm³/mol. The van der Waals surface area contributed by atoms with Gasteiger partial charge in [0.05, 0.1) is 4.47 Å². The van der Waals surface area contributed by atoms with Gasteiger partial charge in [-0.2, -0.15) is 4.98 Å². The van der Waals surface area contributed by atoms with Crippen molar-refractivity contribution >= 4 is 33.4 Å². The van der Waals surface area contributed by atoms with Crippen LogP contribution in [-0.2, 0) is 13.0 Å². The molecule has 120 valence electrons. The Hall–Kier alpha value is -1.66. The van der Waals surface area contributed by atoms with Gasteiger partial charge in [-0.1, -0.05) is 6.07 Å². The first-order valence-corrected chi connectivity index (χ1v) is 8.83. The van der Waals surface area contributed by atoms with Crippen LogP contribution in [0.1, 0.15) is 24.0 Å². The van der Waals surface area contributed by atoms with E-state index < -0.39 is 0 Å². The lowest BCUT2D eigenvalue weighted by Gasteiger charge is -2.25. The summed E-state index contributed by atoms with van der Waals surface area (Å²) in [4.78, 5) is 11.3. The second kappa shape index (κ2) is 6.09. The van der Waals surface area contributed by atoms with Gasteiger partial charge in [0, 0.05) is 31.0 Å². The van der Waals surface area contributed by atoms with Crippen molar-refractivity contribution in [3.8, 4) is 0 Å². The van der Waals surface area contributed by atoms with Crippen molar-refractivity contribution in [1.82, 2.24) is 14.9 Å². The quantitative estimate of drug-likeness (QED) is 0.858. The largest absolute Gasteiger partial charge is 0.366 e. The van der Waals surface area contributed by atoms with Gasteiger partial charge in [0.1, 0.15) is 5.82 Å². The minimum Gasteiger partial charge on any atom is -0.366 e. The van der Waals surface area contributed by atoms with Gasteiger partial charge < -0.3 is 15.5 Å². The molecule has 1 aliphatic carbocycles. The molecule has 6 heteroatoms. The summed E-state index contributed by atoms with van der Waals surface area (Å²) < 4.78 is 0.906. The number of fused-ring (bicyclic) bond motifs is 1. The Morgan fingerprint density at radius 3 is 2.96 bits per heavy atom. The summed E-state index contributed by atoms with van der Waals surface area (Å²) >= 11 is 3.51. The monoisotopic (exact) mass is 373 g/mol. The van der Waals surface area contributed by atoms with Crippen molar-refractivity contribution in [1.29, 1.82) is 0 Å². The molecule has 2 N–H and O–H groups in total. The van der Waals surface area contributed by atoms with Crippen LogP contribution in [0.25, 0.3) is 0 Å². The lowest BCUT2D eigenvalue weighted by Crippen LogP contribution is -2.26. The molecule has 2 aromatic rings. The zero-order valence-corrected chi connectivity index (χ0v) is 14.7. The minimum atomic E-state index is 0.565. The number of rotatable bonds is 4. The van der Waals surface area contributed by atoms with E-state index in [1.54, 1.807) is 6.20 Å². The zero-order chi connectivity index (χ0) is 15.8. The summed E-state index contributed by atoms with van der Waals surface area (Å²) in [6.07, 6.45) is 5.33. The van der Waals surface area contributed by atoms with Crippen LogP contribution in [0.5, 0.6) is 0 Å². The van der Waals surface area contributed by atoms with Crippen molar-refractivity contribution < 1.29 is 0 Å². The third-order valence-electron chi connectivity index (χ3n) is 4.33. The highest BCUT2D eigenvalue weighted by atomic mass is 79.9. The molecule has 1 saturated carbocycles. The van der Waals surface area contributed by atoms with Gasteiger partial charge in [-0.3, -0.25) is 0 Å². The fourth-order valence-electron chi connectivity index (χ4n) is 2.85. The lowest BCUT2D eigenvalue weighted by molar-refractivity contribution is 0.313. The molecule has 0 bridgehead atoms. The highest BCUT2D eigenvalue weighted by Gasteiger charge is 2.22. The maximum absolute atomic E-state index is 4.58. The molecule has 0 radical (unpaired) electrons. The van der Waals surface area contributed by atoms with E-state index in [0.717, 1.165) is 35.5 Å². The molecule has 1 aliphatic heterocycles. The number of nitrogens with zero attached hydrogens (tertiary/aromatic N) is 3. The Morgan fingerprint density at radius 2 is 2.13 bits per heavy atom. The van der Waals surface area contributed by atoms with E-state index in [0.29, 0.717) is 12.0 Å². The van der Waals surface area contributed by atoms with Crippen LogP contribution in [0.3, 0.4) is 0 Å². The van der Waals surface area contributed by atoms with Gasteiger partial charge in [0.15, 0.2) is 0 Å². The van der Waals surface area contributed by atoms with Crippen LogP contribution in [0.4, 0.5) is 17.5 Å². The average molecular weight is 374 g/mol. The molecule has 0 unspecified atom stereocenters. The summed E-state index contributed by atoms with van der Waals surface area (Å²) in [6.45, 7) is 2.14. The molecule has 0 atom stereocenters. The summed E-state index contributed by atoms with van der Waals surface area (Å²) in [5.74, 6) is 1.49. The van der Waals surface area contributed by atoms with Gasteiger partial charge in [-0.15, -0.1) is 0 Å². The van der Waals surface area contributed by atoms with Crippen molar-refractivity contribution in [3.63, 3.8) is 0 Å². The van der Waals surface area contributed by atoms with Crippen LogP contribution in [0, 0.1) is 0 Å². The second-order valence-corrected chi connectivity index (χ2v) is 7.26. The molecule has 1 aromatic heterocycles. The fourth-order valence-corrected chi connectivity index (χ4v) is 3.16. The van der Waals surface area contributed by atoms with Gasteiger partial charge in [-0.25, -0.2) is 4.98 Å². The minimum absolute atomic E-state index is 0.565. The van der Waals surface area contributed by atoms with Crippen molar-refractivity contribution in [2.75, 3.05) is 24.2 Å². The molecule has 0 amide bonds. The van der Waals surface area contributed by atoms with E-state index in [1.807, 2.05) is 0 Å². The molecule has 2 heterocycles. The van der Waals surface area contributed by atoms with Gasteiger partial charge in [0.25, 0.3) is 0 Å². The Kier molecular flexibility index (Phi) is 3.95. The van der Waals surface area contributed by atoms with E-state index >= 15 is 0 Å². The predicted octanol–water partition coefficient (Wildman–Crippen LogP) is 3.54. The van der Waals surface area contributed by atoms with Crippen LogP contribution in [0.2, 0.25) is 0 Å². The first-order chi connectivity index (χ1) is 11.2. The van der Waals surface area contributed by atoms with E-state index in [-0.39, 0.29) is 0 Å². The van der Waals surface area contributed by atoms with Crippen LogP contribution < -0.4 is 10.6 Å². The summed E-state index contributed by atoms with van der Waals surface area (Å²) in [7, 11) is 2.17. The molecule has 0 saturated heterocycles. The number of aromatic nitrogens is 2. The highest BCUT2D eigenvalue weighted by Crippen LogP contribution is 2.29. The number of halogens is 1. The number of hydrogen-bond donors (Lipinski definition) is 2. The number of likely N-dealkylation sites (N-methyl/N-ethyl adjacent to an activating group) is 1. The topological polar surface area (TPSA) is 53.1 Å². The number of hydrogen-bond acceptors (Lipinski definition) is 5. The molecular weight excluding hydrogens is 354 g/mol. The van der Waals surface area contributed by atoms with Crippen molar-refractivity contribution in [2.45, 2.75) is 31.8 Å². The normalized spacial score (nSPS) is 17.7. The third kappa shape index (κ3) is 3.48. The van der Waals surface area contributed by atoms with Crippen molar-refractivity contribution in [2.24, 2.45) is 0 Å². The first-order valence-electron chi connectivity index (χ1n) is 8.04. The third-order valence-corrected chi connectivity index (χ3v) is 4.91. The second-order valence-electron chi connectivity index (χ2n) is 6.41. The van der Waals surface area contributed by atoms with Gasteiger partial charge in [0.2, 0.25) is 5.95 Å². The number of nitrogens with one attached hydrogen (secondary N) is 2. The van der Waals surface area contributed by atoms with Gasteiger partial charge in [-0.05, 0) is 65.5 Å². The average Bonchev–Trinajstić information content (AvgIpc) is 3.35. The molecule has 5 nitrogen and oxygen atoms in total. The zero-order valence-electron chi connectivity index (χ0n) is 13.1. The SMILES string of the molecule is CN1CCc2cc(Nc3ncc(Br)c(NC4CC4)n3)ccc2C1. The summed E-state index contributed by atoms with van der Waals surface area (Å²) in [5, 5.41) is 6.75. The first kappa shape index (κ1) is 14.9. The maximum Gasteiger partial charge on any atom is 0.229 e. The summed E-state index contributed by atoms with van der Waals surface area (Å²) in [6, 6.07) is 7.10. The van der Waals surface area contributed by atoms with E-state index in [2.05, 4.69) is 66.7 Å². The van der Waals surface area contributed by atoms with Crippen LogP contribution in [0.15, 0.2) is 28.9 Å². The molecule has 4 rings (SSSR count). The molecule has 1 fully saturated rings. The molecule has 2 aliphatic rings. The van der Waals surface area contributed by atoms with Crippen LogP contribution in [-0.4, -0.2) is 34.5 Å². The standard InChI is InChI=1S/C17H20BrN5/c1-23-7-6-11-8-14(3-2-12(11)10-23)21-17-19-9-15(18)16(22-17)20-13-4-5-13/h2-3,8-9,13H,4-7,10H2,1H3,(H2,19,20,21,22). The lowest BCUT2D eigenvalue weighted by atomic mass is 9.99. The smallest absolute Gasteiger partial charge is 0.229 e. The molecular formula is C17H20BrN5. The van der Waals surface area contributed by atoms with E-state index in [4.69, 9.17) is 0 Å². The van der Waals surface area contributed by atoms with E-state index in [9.17, 15) is 0 Å². The Labute approximate surface area is 144 Å². The van der Waals surface area contributed by atoms with E-state index in [1.165, 1.54) is 24.0 Å². The Bertz CT molecular complexity index is 729. The molecule has 0 spiro atoms. The molecule has 1 aromatic carbocycles. The number of benzene rings is 1. The van der Waals surface area contributed by atoms with Crippen molar-refractivity contribution in [3.05, 3.63) is 40.0 Å². The molecule has 23 heavy (non-hydrogen) atoms. The maximum atomic E-state index is 4.58. The highest BCUT2D eigenvalue weighted by molar-refractivity contribution is 9.10. The Morgan fingerprint density at radius 1 is 1.26 bits per heavy atom. The Balaban J connectivity index is 1.53. The van der Waals surface area contributed by atoms with Gasteiger partial charge >= 0.3 is 0 Å². The number of anilines is 3. The van der Waals surface area contributed by atoms with Crippen LogP contribution >= 0.6 is 15.9 Å². The summed E-state index contributed by atoms with van der Waals surface area (Å²) in [5.41, 5.74) is 3.88.